The summed E-state index contributed by atoms with van der Waals surface area (Å²) in [6.07, 6.45) is 3.82. The van der Waals surface area contributed by atoms with Crippen LogP contribution in [0, 0.1) is 11.8 Å². The SMILES string of the molecule is CC1CC(C)CN(C(=O)Nc2cncc(C(=O)O)c2)C1. The van der Waals surface area contributed by atoms with E-state index in [9.17, 15) is 9.59 Å². The largest absolute Gasteiger partial charge is 0.478 e. The Bertz CT molecular complexity index is 508. The summed E-state index contributed by atoms with van der Waals surface area (Å²) in [7, 11) is 0. The van der Waals surface area contributed by atoms with E-state index in [0.717, 1.165) is 19.5 Å². The Morgan fingerprint density at radius 2 is 1.95 bits per heavy atom. The van der Waals surface area contributed by atoms with E-state index < -0.39 is 5.97 Å². The molecule has 1 aliphatic heterocycles. The number of aromatic nitrogens is 1. The van der Waals surface area contributed by atoms with E-state index in [1.54, 1.807) is 4.90 Å². The minimum absolute atomic E-state index is 0.0585. The van der Waals surface area contributed by atoms with Crippen LogP contribution in [0.3, 0.4) is 0 Å². The predicted molar refractivity (Wildman–Crippen MR) is 74.7 cm³/mol. The molecule has 2 unspecified atom stereocenters. The average Bonchev–Trinajstić information content (AvgIpc) is 2.37. The maximum absolute atomic E-state index is 12.2. The van der Waals surface area contributed by atoms with Crippen molar-refractivity contribution >= 4 is 17.7 Å². The summed E-state index contributed by atoms with van der Waals surface area (Å²) in [5, 5.41) is 11.6. The molecule has 1 aliphatic rings. The van der Waals surface area contributed by atoms with Crippen molar-refractivity contribution < 1.29 is 14.7 Å². The lowest BCUT2D eigenvalue weighted by Gasteiger charge is -2.34. The number of hydrogen-bond acceptors (Lipinski definition) is 3. The van der Waals surface area contributed by atoms with E-state index in [1.807, 2.05) is 0 Å². The Labute approximate surface area is 117 Å². The molecule has 2 amide bonds. The fourth-order valence-corrected chi connectivity index (χ4v) is 2.66. The highest BCUT2D eigenvalue weighted by atomic mass is 16.4. The van der Waals surface area contributed by atoms with E-state index in [0.29, 0.717) is 17.5 Å². The normalized spacial score (nSPS) is 22.4. The Morgan fingerprint density at radius 1 is 1.30 bits per heavy atom. The van der Waals surface area contributed by atoms with Crippen LogP contribution in [0.4, 0.5) is 10.5 Å². The molecule has 1 fully saturated rings. The molecular weight excluding hydrogens is 258 g/mol. The van der Waals surface area contributed by atoms with Crippen LogP contribution in [-0.4, -0.2) is 40.1 Å². The van der Waals surface area contributed by atoms with Crippen molar-refractivity contribution in [2.45, 2.75) is 20.3 Å². The van der Waals surface area contributed by atoms with E-state index in [2.05, 4.69) is 24.1 Å². The van der Waals surface area contributed by atoms with E-state index in [-0.39, 0.29) is 11.6 Å². The van der Waals surface area contributed by atoms with Gasteiger partial charge in [0.05, 0.1) is 17.4 Å². The van der Waals surface area contributed by atoms with Crippen molar-refractivity contribution in [1.82, 2.24) is 9.88 Å². The maximum Gasteiger partial charge on any atom is 0.337 e. The van der Waals surface area contributed by atoms with E-state index in [4.69, 9.17) is 5.11 Å². The fourth-order valence-electron chi connectivity index (χ4n) is 2.66. The first kappa shape index (κ1) is 14.3. The smallest absolute Gasteiger partial charge is 0.337 e. The van der Waals surface area contributed by atoms with Crippen LogP contribution in [0.15, 0.2) is 18.5 Å². The molecule has 2 rings (SSSR count). The Hall–Kier alpha value is -2.11. The van der Waals surface area contributed by atoms with Gasteiger partial charge in [0.15, 0.2) is 0 Å². The topological polar surface area (TPSA) is 82.5 Å². The lowest BCUT2D eigenvalue weighted by molar-refractivity contribution is 0.0696. The van der Waals surface area contributed by atoms with Crippen molar-refractivity contribution in [3.05, 3.63) is 24.0 Å². The van der Waals surface area contributed by atoms with Crippen molar-refractivity contribution in [2.24, 2.45) is 11.8 Å². The Morgan fingerprint density at radius 3 is 2.55 bits per heavy atom. The molecule has 6 heteroatoms. The second kappa shape index (κ2) is 5.90. The monoisotopic (exact) mass is 277 g/mol. The minimum atomic E-state index is -1.06. The van der Waals surface area contributed by atoms with Gasteiger partial charge >= 0.3 is 12.0 Å². The lowest BCUT2D eigenvalue weighted by Crippen LogP contribution is -2.44. The molecule has 6 nitrogen and oxygen atoms in total. The molecule has 20 heavy (non-hydrogen) atoms. The minimum Gasteiger partial charge on any atom is -0.478 e. The molecule has 0 radical (unpaired) electrons. The number of amides is 2. The zero-order valence-corrected chi connectivity index (χ0v) is 11.7. The van der Waals surface area contributed by atoms with Gasteiger partial charge in [-0.1, -0.05) is 13.8 Å². The summed E-state index contributed by atoms with van der Waals surface area (Å²) >= 11 is 0. The molecular formula is C14H19N3O3. The number of carboxylic acid groups (broad SMARTS) is 1. The third-order valence-corrected chi connectivity index (χ3v) is 3.39. The van der Waals surface area contributed by atoms with Gasteiger partial charge in [-0.2, -0.15) is 0 Å². The molecule has 1 aromatic heterocycles. The number of pyridine rings is 1. The number of carboxylic acids is 1. The van der Waals surface area contributed by atoms with Crippen LogP contribution < -0.4 is 5.32 Å². The fraction of sp³-hybridized carbons (Fsp3) is 0.500. The highest BCUT2D eigenvalue weighted by Gasteiger charge is 2.25. The highest BCUT2D eigenvalue weighted by molar-refractivity contribution is 5.92. The molecule has 2 heterocycles. The van der Waals surface area contributed by atoms with Crippen molar-refractivity contribution in [3.63, 3.8) is 0 Å². The van der Waals surface area contributed by atoms with Crippen LogP contribution in [0.2, 0.25) is 0 Å². The molecule has 0 bridgehead atoms. The number of aromatic carboxylic acids is 1. The molecule has 0 saturated carbocycles. The third-order valence-electron chi connectivity index (χ3n) is 3.39. The van der Waals surface area contributed by atoms with Gasteiger partial charge in [0.25, 0.3) is 0 Å². The maximum atomic E-state index is 12.2. The van der Waals surface area contributed by atoms with Gasteiger partial charge in [-0.15, -0.1) is 0 Å². The number of carbonyl (C=O) groups is 2. The zero-order chi connectivity index (χ0) is 14.7. The summed E-state index contributed by atoms with van der Waals surface area (Å²) in [5.41, 5.74) is 0.462. The third kappa shape index (κ3) is 3.46. The number of piperidine rings is 1. The molecule has 1 saturated heterocycles. The van der Waals surface area contributed by atoms with Crippen molar-refractivity contribution in [2.75, 3.05) is 18.4 Å². The number of nitrogens with zero attached hydrogens (tertiary/aromatic N) is 2. The number of rotatable bonds is 2. The predicted octanol–water partition coefficient (Wildman–Crippen LogP) is 2.29. The van der Waals surface area contributed by atoms with Crippen LogP contribution in [-0.2, 0) is 0 Å². The second-order valence-electron chi connectivity index (χ2n) is 5.55. The summed E-state index contributed by atoms with van der Waals surface area (Å²) < 4.78 is 0. The quantitative estimate of drug-likeness (QED) is 0.868. The van der Waals surface area contributed by atoms with Gasteiger partial charge in [-0.05, 0) is 24.3 Å². The second-order valence-corrected chi connectivity index (χ2v) is 5.55. The molecule has 1 aromatic rings. The van der Waals surface area contributed by atoms with Crippen molar-refractivity contribution in [1.29, 1.82) is 0 Å². The zero-order valence-electron chi connectivity index (χ0n) is 11.7. The molecule has 108 valence electrons. The van der Waals surface area contributed by atoms with Gasteiger partial charge in [0.2, 0.25) is 0 Å². The molecule has 0 aliphatic carbocycles. The van der Waals surface area contributed by atoms with Crippen LogP contribution in [0.1, 0.15) is 30.6 Å². The van der Waals surface area contributed by atoms with Crippen LogP contribution >= 0.6 is 0 Å². The molecule has 0 aromatic carbocycles. The van der Waals surface area contributed by atoms with Gasteiger partial charge in [0, 0.05) is 19.3 Å². The molecule has 2 atom stereocenters. The van der Waals surface area contributed by atoms with Gasteiger partial charge < -0.3 is 15.3 Å². The summed E-state index contributed by atoms with van der Waals surface area (Å²) in [6, 6.07) is 1.21. The molecule has 2 N–H and O–H groups in total. The van der Waals surface area contributed by atoms with Crippen molar-refractivity contribution in [3.8, 4) is 0 Å². The first-order chi connectivity index (χ1) is 9.45. The van der Waals surface area contributed by atoms with Crippen LogP contribution in [0.25, 0.3) is 0 Å². The van der Waals surface area contributed by atoms with E-state index in [1.165, 1.54) is 18.5 Å². The van der Waals surface area contributed by atoms with Gasteiger partial charge in [-0.25, -0.2) is 9.59 Å². The first-order valence-electron chi connectivity index (χ1n) is 6.70. The lowest BCUT2D eigenvalue weighted by atomic mass is 9.92. The molecule has 0 spiro atoms. The standard InChI is InChI=1S/C14H19N3O3/c1-9-3-10(2)8-17(7-9)14(20)16-12-4-11(13(18)19)5-15-6-12/h4-6,9-10H,3,7-8H2,1-2H3,(H,16,20)(H,18,19). The number of hydrogen-bond donors (Lipinski definition) is 2. The number of nitrogens with one attached hydrogen (secondary N) is 1. The summed E-state index contributed by atoms with van der Waals surface area (Å²) in [5.74, 6) is -0.102. The first-order valence-corrected chi connectivity index (χ1v) is 6.70. The van der Waals surface area contributed by atoms with E-state index >= 15 is 0 Å². The number of anilines is 1. The number of carbonyl (C=O) groups excluding carboxylic acids is 1. The van der Waals surface area contributed by atoms with Gasteiger partial charge in [0.1, 0.15) is 0 Å². The van der Waals surface area contributed by atoms with Gasteiger partial charge in [-0.3, -0.25) is 4.98 Å². The van der Waals surface area contributed by atoms with Crippen LogP contribution in [0.5, 0.6) is 0 Å². The average molecular weight is 277 g/mol. The summed E-state index contributed by atoms with van der Waals surface area (Å²) in [6.45, 7) is 5.70. The number of urea groups is 1. The number of likely N-dealkylation sites (tertiary alicyclic amines) is 1. The summed E-state index contributed by atoms with van der Waals surface area (Å²) in [4.78, 5) is 28.6. The Balaban J connectivity index is 2.04. The Kier molecular flexibility index (Phi) is 4.22. The highest BCUT2D eigenvalue weighted by Crippen LogP contribution is 2.21.